The molecule has 4 N–H and O–H groups in total. The molecule has 4 heteroatoms. The van der Waals surface area contributed by atoms with Crippen molar-refractivity contribution in [3.05, 3.63) is 23.8 Å². The molecule has 0 aromatic carbocycles. The first kappa shape index (κ1) is 8.44. The molecule has 1 saturated carbocycles. The van der Waals surface area contributed by atoms with E-state index in [4.69, 9.17) is 11.5 Å². The smallest absolute Gasteiger partial charge is 0.236 e. The Balaban J connectivity index is 2.24. The van der Waals surface area contributed by atoms with Gasteiger partial charge < -0.3 is 11.5 Å². The van der Waals surface area contributed by atoms with Crippen LogP contribution in [0.5, 0.6) is 0 Å². The van der Waals surface area contributed by atoms with E-state index in [2.05, 4.69) is 4.98 Å². The number of pyridine rings is 1. The van der Waals surface area contributed by atoms with Gasteiger partial charge in [-0.05, 0) is 30.4 Å². The van der Waals surface area contributed by atoms with Crippen LogP contribution in [0.25, 0.3) is 0 Å². The molecule has 3 nitrogen and oxygen atoms in total. The third-order valence-corrected chi connectivity index (χ3v) is 2.40. The van der Waals surface area contributed by atoms with Gasteiger partial charge in [0.05, 0.1) is 5.69 Å². The lowest BCUT2D eigenvalue weighted by atomic mass is 10.1. The standard InChI is InChI=1S/C9H12FN3/c10-9-7(11)3-6(4-13-9)8(12)5-1-2-5/h3-5,8H,1-2,11-12H2. The maximum atomic E-state index is 12.7. The van der Waals surface area contributed by atoms with Gasteiger partial charge in [-0.1, -0.05) is 0 Å². The van der Waals surface area contributed by atoms with Crippen LogP contribution >= 0.6 is 0 Å². The highest BCUT2D eigenvalue weighted by Crippen LogP contribution is 2.39. The van der Waals surface area contributed by atoms with Crippen LogP contribution in [-0.2, 0) is 0 Å². The molecule has 1 atom stereocenters. The molecule has 0 radical (unpaired) electrons. The predicted octanol–water partition coefficient (Wildman–Crippen LogP) is 1.21. The minimum absolute atomic E-state index is 0.0320. The van der Waals surface area contributed by atoms with Crippen molar-refractivity contribution in [2.24, 2.45) is 11.7 Å². The molecule has 0 amide bonds. The SMILES string of the molecule is Nc1cc(C(N)C2CC2)cnc1F. The molecule has 1 aromatic rings. The maximum absolute atomic E-state index is 12.7. The molecular formula is C9H12FN3. The largest absolute Gasteiger partial charge is 0.395 e. The minimum Gasteiger partial charge on any atom is -0.395 e. The lowest BCUT2D eigenvalue weighted by Crippen LogP contribution is -2.13. The first-order valence-electron chi connectivity index (χ1n) is 4.35. The van der Waals surface area contributed by atoms with Crippen LogP contribution in [0, 0.1) is 11.9 Å². The maximum Gasteiger partial charge on any atom is 0.236 e. The number of anilines is 1. The fourth-order valence-electron chi connectivity index (χ4n) is 1.39. The van der Waals surface area contributed by atoms with Crippen LogP contribution in [-0.4, -0.2) is 4.98 Å². The Morgan fingerprint density at radius 1 is 1.54 bits per heavy atom. The summed E-state index contributed by atoms with van der Waals surface area (Å²) in [4.78, 5) is 3.54. The Hall–Kier alpha value is -1.16. The van der Waals surface area contributed by atoms with E-state index in [0.29, 0.717) is 5.92 Å². The second-order valence-electron chi connectivity index (χ2n) is 3.51. The van der Waals surface area contributed by atoms with Crippen molar-refractivity contribution in [1.82, 2.24) is 4.98 Å². The molecule has 1 aromatic heterocycles. The van der Waals surface area contributed by atoms with Crippen molar-refractivity contribution in [2.45, 2.75) is 18.9 Å². The number of nitrogens with two attached hydrogens (primary N) is 2. The first-order chi connectivity index (χ1) is 6.18. The molecule has 0 aliphatic heterocycles. The zero-order valence-electron chi connectivity index (χ0n) is 7.20. The van der Waals surface area contributed by atoms with Crippen LogP contribution in [0.2, 0.25) is 0 Å². The van der Waals surface area contributed by atoms with Gasteiger partial charge in [-0.2, -0.15) is 4.39 Å². The van der Waals surface area contributed by atoms with E-state index in [-0.39, 0.29) is 11.7 Å². The van der Waals surface area contributed by atoms with Gasteiger partial charge in [0.2, 0.25) is 5.95 Å². The quantitative estimate of drug-likeness (QED) is 0.674. The zero-order chi connectivity index (χ0) is 9.42. The Kier molecular flexibility index (Phi) is 1.92. The number of nitrogens with zero attached hydrogens (tertiary/aromatic N) is 1. The molecular weight excluding hydrogens is 169 g/mol. The molecule has 70 valence electrons. The Morgan fingerprint density at radius 2 is 2.23 bits per heavy atom. The van der Waals surface area contributed by atoms with E-state index in [1.54, 1.807) is 6.07 Å². The predicted molar refractivity (Wildman–Crippen MR) is 48.3 cm³/mol. The second-order valence-corrected chi connectivity index (χ2v) is 3.51. The average Bonchev–Trinajstić information content (AvgIpc) is 2.91. The highest BCUT2D eigenvalue weighted by atomic mass is 19.1. The number of hydrogen-bond donors (Lipinski definition) is 2. The van der Waals surface area contributed by atoms with Crippen LogP contribution in [0.15, 0.2) is 12.3 Å². The van der Waals surface area contributed by atoms with E-state index in [1.165, 1.54) is 6.20 Å². The Labute approximate surface area is 76.0 Å². The van der Waals surface area contributed by atoms with Gasteiger partial charge in [0.1, 0.15) is 0 Å². The second kappa shape index (κ2) is 2.96. The van der Waals surface area contributed by atoms with Gasteiger partial charge in [0.25, 0.3) is 0 Å². The fourth-order valence-corrected chi connectivity index (χ4v) is 1.39. The normalized spacial score (nSPS) is 18.6. The fraction of sp³-hybridized carbons (Fsp3) is 0.444. The van der Waals surface area contributed by atoms with E-state index < -0.39 is 5.95 Å². The van der Waals surface area contributed by atoms with Crippen molar-refractivity contribution in [3.63, 3.8) is 0 Å². The van der Waals surface area contributed by atoms with Crippen molar-refractivity contribution in [3.8, 4) is 0 Å². The summed E-state index contributed by atoms with van der Waals surface area (Å²) < 4.78 is 12.7. The van der Waals surface area contributed by atoms with E-state index in [9.17, 15) is 4.39 Å². The monoisotopic (exact) mass is 181 g/mol. The average molecular weight is 181 g/mol. The molecule has 2 rings (SSSR count). The molecule has 1 aliphatic carbocycles. The third kappa shape index (κ3) is 1.62. The number of rotatable bonds is 2. The van der Waals surface area contributed by atoms with Gasteiger partial charge >= 0.3 is 0 Å². The van der Waals surface area contributed by atoms with Crippen LogP contribution in [0.1, 0.15) is 24.4 Å². The topological polar surface area (TPSA) is 64.9 Å². The van der Waals surface area contributed by atoms with Crippen molar-refractivity contribution >= 4 is 5.69 Å². The summed E-state index contributed by atoms with van der Waals surface area (Å²) in [5, 5.41) is 0. The summed E-state index contributed by atoms with van der Waals surface area (Å²) >= 11 is 0. The Morgan fingerprint density at radius 3 is 2.77 bits per heavy atom. The summed E-state index contributed by atoms with van der Waals surface area (Å²) in [6.45, 7) is 0. The number of aromatic nitrogens is 1. The van der Waals surface area contributed by atoms with E-state index in [1.807, 2.05) is 0 Å². The van der Waals surface area contributed by atoms with Crippen LogP contribution < -0.4 is 11.5 Å². The highest BCUT2D eigenvalue weighted by molar-refractivity contribution is 5.39. The summed E-state index contributed by atoms with van der Waals surface area (Å²) in [6.07, 6.45) is 3.77. The summed E-state index contributed by atoms with van der Waals surface area (Å²) in [7, 11) is 0. The van der Waals surface area contributed by atoms with E-state index in [0.717, 1.165) is 18.4 Å². The summed E-state index contributed by atoms with van der Waals surface area (Å²) in [5.41, 5.74) is 12.2. The molecule has 13 heavy (non-hydrogen) atoms. The van der Waals surface area contributed by atoms with Gasteiger partial charge in [-0.15, -0.1) is 0 Å². The molecule has 1 fully saturated rings. The number of nitrogen functional groups attached to an aromatic ring is 1. The van der Waals surface area contributed by atoms with Gasteiger partial charge in [0, 0.05) is 12.2 Å². The van der Waals surface area contributed by atoms with Gasteiger partial charge in [-0.25, -0.2) is 4.98 Å². The third-order valence-electron chi connectivity index (χ3n) is 2.40. The number of halogens is 1. The molecule has 1 unspecified atom stereocenters. The van der Waals surface area contributed by atoms with Crippen molar-refractivity contribution in [2.75, 3.05) is 5.73 Å². The lowest BCUT2D eigenvalue weighted by molar-refractivity contribution is 0.578. The van der Waals surface area contributed by atoms with Crippen molar-refractivity contribution in [1.29, 1.82) is 0 Å². The lowest BCUT2D eigenvalue weighted by Gasteiger charge is -2.10. The van der Waals surface area contributed by atoms with Crippen LogP contribution in [0.4, 0.5) is 10.1 Å². The molecule has 1 heterocycles. The molecule has 0 saturated heterocycles. The van der Waals surface area contributed by atoms with Gasteiger partial charge in [-0.3, -0.25) is 0 Å². The van der Waals surface area contributed by atoms with Crippen molar-refractivity contribution < 1.29 is 4.39 Å². The molecule has 0 spiro atoms. The summed E-state index contributed by atoms with van der Waals surface area (Å²) in [5.74, 6) is -0.0848. The zero-order valence-corrected chi connectivity index (χ0v) is 7.20. The first-order valence-corrected chi connectivity index (χ1v) is 4.35. The van der Waals surface area contributed by atoms with E-state index >= 15 is 0 Å². The highest BCUT2D eigenvalue weighted by Gasteiger charge is 2.29. The summed E-state index contributed by atoms with van der Waals surface area (Å²) in [6, 6.07) is 1.54. The molecule has 1 aliphatic rings. The minimum atomic E-state index is -0.619. The van der Waals surface area contributed by atoms with Crippen LogP contribution in [0.3, 0.4) is 0 Å². The molecule has 0 bridgehead atoms. The number of hydrogen-bond acceptors (Lipinski definition) is 3. The van der Waals surface area contributed by atoms with Gasteiger partial charge in [0.15, 0.2) is 0 Å². The Bertz CT molecular complexity index is 323.